The van der Waals surface area contributed by atoms with Crippen LogP contribution < -0.4 is 5.73 Å². The summed E-state index contributed by atoms with van der Waals surface area (Å²) in [6.45, 7) is 9.30. The van der Waals surface area contributed by atoms with Gasteiger partial charge in [-0.25, -0.2) is 0 Å². The second-order valence-corrected chi connectivity index (χ2v) is 5.57. The summed E-state index contributed by atoms with van der Waals surface area (Å²) < 4.78 is 5.60. The van der Waals surface area contributed by atoms with Gasteiger partial charge in [0.15, 0.2) is 0 Å². The summed E-state index contributed by atoms with van der Waals surface area (Å²) in [7, 11) is 2.21. The first kappa shape index (κ1) is 13.9. The molecule has 0 aromatic carbocycles. The van der Waals surface area contributed by atoms with Crippen LogP contribution in [-0.2, 0) is 4.74 Å². The van der Waals surface area contributed by atoms with E-state index in [1.165, 1.54) is 12.8 Å². The van der Waals surface area contributed by atoms with Gasteiger partial charge in [0.25, 0.3) is 0 Å². The van der Waals surface area contributed by atoms with Gasteiger partial charge in [0, 0.05) is 31.7 Å². The van der Waals surface area contributed by atoms with Crippen molar-refractivity contribution in [2.24, 2.45) is 17.1 Å². The Kier molecular flexibility index (Phi) is 5.73. The maximum atomic E-state index is 5.94. The largest absolute Gasteiger partial charge is 0.381 e. The fourth-order valence-corrected chi connectivity index (χ4v) is 2.56. The monoisotopic (exact) mass is 228 g/mol. The number of ether oxygens (including phenoxy) is 1. The molecule has 0 saturated carbocycles. The molecule has 1 aliphatic rings. The van der Waals surface area contributed by atoms with Crippen molar-refractivity contribution in [3.8, 4) is 0 Å². The summed E-state index contributed by atoms with van der Waals surface area (Å²) in [5, 5.41) is 0. The molecule has 0 spiro atoms. The van der Waals surface area contributed by atoms with E-state index in [4.69, 9.17) is 10.5 Å². The topological polar surface area (TPSA) is 38.5 Å². The minimum atomic E-state index is 0.209. The van der Waals surface area contributed by atoms with Crippen LogP contribution in [-0.4, -0.2) is 44.8 Å². The molecular formula is C13H28N2O. The van der Waals surface area contributed by atoms with Crippen molar-refractivity contribution in [1.29, 1.82) is 0 Å². The Morgan fingerprint density at radius 1 is 1.50 bits per heavy atom. The zero-order chi connectivity index (χ0) is 12.0. The highest BCUT2D eigenvalue weighted by molar-refractivity contribution is 4.85. The van der Waals surface area contributed by atoms with Crippen LogP contribution >= 0.6 is 0 Å². The third kappa shape index (κ3) is 4.04. The number of nitrogens with two attached hydrogens (primary N) is 1. The van der Waals surface area contributed by atoms with Crippen LogP contribution in [0, 0.1) is 11.3 Å². The van der Waals surface area contributed by atoms with Gasteiger partial charge in [-0.05, 0) is 25.8 Å². The van der Waals surface area contributed by atoms with Crippen molar-refractivity contribution >= 4 is 0 Å². The van der Waals surface area contributed by atoms with Crippen molar-refractivity contribution in [3.05, 3.63) is 0 Å². The van der Waals surface area contributed by atoms with Gasteiger partial charge in [0.1, 0.15) is 0 Å². The lowest BCUT2D eigenvalue weighted by atomic mass is 9.82. The minimum Gasteiger partial charge on any atom is -0.381 e. The molecule has 0 aromatic rings. The van der Waals surface area contributed by atoms with Gasteiger partial charge < -0.3 is 15.4 Å². The average Bonchev–Trinajstić information content (AvgIpc) is 2.29. The van der Waals surface area contributed by atoms with E-state index >= 15 is 0 Å². The van der Waals surface area contributed by atoms with Crippen molar-refractivity contribution in [2.75, 3.05) is 39.9 Å². The van der Waals surface area contributed by atoms with Crippen LogP contribution in [0.3, 0.4) is 0 Å². The fourth-order valence-electron chi connectivity index (χ4n) is 2.56. The van der Waals surface area contributed by atoms with E-state index < -0.39 is 0 Å². The zero-order valence-corrected chi connectivity index (χ0v) is 11.2. The Bertz CT molecular complexity index is 190. The summed E-state index contributed by atoms with van der Waals surface area (Å²) in [6, 6.07) is 0. The molecule has 0 amide bonds. The molecule has 1 heterocycles. The molecule has 0 aliphatic carbocycles. The average molecular weight is 228 g/mol. The third-order valence-electron chi connectivity index (χ3n) is 3.76. The van der Waals surface area contributed by atoms with Crippen molar-refractivity contribution in [1.82, 2.24) is 4.90 Å². The second-order valence-electron chi connectivity index (χ2n) is 5.57. The van der Waals surface area contributed by atoms with Crippen LogP contribution in [0.4, 0.5) is 0 Å². The van der Waals surface area contributed by atoms with Gasteiger partial charge in [0.05, 0.1) is 6.61 Å². The van der Waals surface area contributed by atoms with Crippen LogP contribution in [0.5, 0.6) is 0 Å². The number of rotatable bonds is 6. The van der Waals surface area contributed by atoms with Gasteiger partial charge in [-0.2, -0.15) is 0 Å². The number of hydrogen-bond acceptors (Lipinski definition) is 3. The van der Waals surface area contributed by atoms with E-state index in [2.05, 4.69) is 25.8 Å². The zero-order valence-electron chi connectivity index (χ0n) is 11.2. The Hall–Kier alpha value is -0.120. The van der Waals surface area contributed by atoms with Crippen LogP contribution in [0.1, 0.15) is 33.1 Å². The molecule has 2 unspecified atom stereocenters. The molecule has 0 radical (unpaired) electrons. The molecule has 3 heteroatoms. The molecule has 1 fully saturated rings. The maximum Gasteiger partial charge on any atom is 0.0546 e. The summed E-state index contributed by atoms with van der Waals surface area (Å²) in [5.74, 6) is 0.768. The molecule has 0 aromatic heterocycles. The first-order valence-electron chi connectivity index (χ1n) is 6.58. The van der Waals surface area contributed by atoms with Gasteiger partial charge in [-0.15, -0.1) is 0 Å². The second kappa shape index (κ2) is 6.58. The predicted octanol–water partition coefficient (Wildman–Crippen LogP) is 1.72. The van der Waals surface area contributed by atoms with Crippen LogP contribution in [0.2, 0.25) is 0 Å². The Morgan fingerprint density at radius 3 is 2.75 bits per heavy atom. The van der Waals surface area contributed by atoms with Crippen LogP contribution in [0.15, 0.2) is 0 Å². The van der Waals surface area contributed by atoms with Crippen LogP contribution in [0.25, 0.3) is 0 Å². The summed E-state index contributed by atoms with van der Waals surface area (Å²) in [4.78, 5) is 2.43. The van der Waals surface area contributed by atoms with E-state index in [9.17, 15) is 0 Å². The highest BCUT2D eigenvalue weighted by Gasteiger charge is 2.32. The number of nitrogens with zero attached hydrogens (tertiary/aromatic N) is 1. The summed E-state index contributed by atoms with van der Waals surface area (Å²) in [5.41, 5.74) is 6.15. The molecule has 1 aliphatic heterocycles. The summed E-state index contributed by atoms with van der Waals surface area (Å²) in [6.07, 6.45) is 3.62. The Morgan fingerprint density at radius 2 is 2.25 bits per heavy atom. The maximum absolute atomic E-state index is 5.94. The highest BCUT2D eigenvalue weighted by atomic mass is 16.5. The van der Waals surface area contributed by atoms with Crippen molar-refractivity contribution in [2.45, 2.75) is 33.1 Å². The molecular weight excluding hydrogens is 200 g/mol. The van der Waals surface area contributed by atoms with Gasteiger partial charge in [-0.1, -0.05) is 20.3 Å². The third-order valence-corrected chi connectivity index (χ3v) is 3.76. The molecule has 1 rings (SSSR count). The van der Waals surface area contributed by atoms with Crippen molar-refractivity contribution < 1.29 is 4.74 Å². The molecule has 1 saturated heterocycles. The smallest absolute Gasteiger partial charge is 0.0546 e. The molecule has 96 valence electrons. The quantitative estimate of drug-likeness (QED) is 0.752. The molecule has 3 nitrogen and oxygen atoms in total. The standard InChI is InChI=1S/C13H28N2O/c1-4-12(2)8-15(3)10-13(9-14)6-5-7-16-11-13/h12H,4-11,14H2,1-3H3. The van der Waals surface area contributed by atoms with E-state index in [1.54, 1.807) is 0 Å². The van der Waals surface area contributed by atoms with E-state index in [1.807, 2.05) is 0 Å². The van der Waals surface area contributed by atoms with Gasteiger partial charge >= 0.3 is 0 Å². The van der Waals surface area contributed by atoms with E-state index in [0.29, 0.717) is 0 Å². The lowest BCUT2D eigenvalue weighted by Crippen LogP contribution is -2.47. The Labute approximate surface area is 100 Å². The van der Waals surface area contributed by atoms with Gasteiger partial charge in [0.2, 0.25) is 0 Å². The predicted molar refractivity (Wildman–Crippen MR) is 68.5 cm³/mol. The molecule has 16 heavy (non-hydrogen) atoms. The normalized spacial score (nSPS) is 28.3. The number of hydrogen-bond donors (Lipinski definition) is 1. The summed E-state index contributed by atoms with van der Waals surface area (Å²) >= 11 is 0. The Balaban J connectivity index is 2.42. The first-order chi connectivity index (χ1) is 7.62. The van der Waals surface area contributed by atoms with Gasteiger partial charge in [-0.3, -0.25) is 0 Å². The highest BCUT2D eigenvalue weighted by Crippen LogP contribution is 2.28. The SMILES string of the molecule is CCC(C)CN(C)CC1(CN)CCCOC1. The van der Waals surface area contributed by atoms with E-state index in [0.717, 1.165) is 45.2 Å². The van der Waals surface area contributed by atoms with E-state index in [-0.39, 0.29) is 5.41 Å². The lowest BCUT2D eigenvalue weighted by molar-refractivity contribution is -0.0197. The lowest BCUT2D eigenvalue weighted by Gasteiger charge is -2.39. The molecule has 0 bridgehead atoms. The molecule has 2 atom stereocenters. The fraction of sp³-hybridized carbons (Fsp3) is 1.00. The van der Waals surface area contributed by atoms with Crippen molar-refractivity contribution in [3.63, 3.8) is 0 Å². The minimum absolute atomic E-state index is 0.209. The first-order valence-corrected chi connectivity index (χ1v) is 6.58. The molecule has 2 N–H and O–H groups in total.